The van der Waals surface area contributed by atoms with E-state index in [0.717, 1.165) is 12.1 Å². The van der Waals surface area contributed by atoms with Crippen LogP contribution in [0.4, 0.5) is 29.3 Å². The van der Waals surface area contributed by atoms with Crippen molar-refractivity contribution in [1.29, 1.82) is 0 Å². The molecule has 0 fully saturated rings. The number of rotatable bonds is 3. The molecule has 9 heteroatoms. The molecule has 1 heterocycles. The number of hydrogen-bond donors (Lipinski definition) is 4. The number of carbonyl (C=O) groups is 2. The smallest absolute Gasteiger partial charge is 0.367 e. The van der Waals surface area contributed by atoms with Gasteiger partial charge in [0.05, 0.1) is 16.9 Å². The first kappa shape index (κ1) is 15.4. The Morgan fingerprint density at radius 1 is 1.09 bits per heavy atom. The molecule has 116 valence electrons. The molecule has 5 N–H and O–H groups in total. The zero-order chi connectivity index (χ0) is 16.3. The molecular weight excluding hydrogens is 301 g/mol. The molecule has 0 atom stereocenters. The van der Waals surface area contributed by atoms with E-state index in [4.69, 9.17) is 5.73 Å². The molecule has 0 unspecified atom stereocenters. The first-order valence-corrected chi connectivity index (χ1v) is 6.00. The Kier molecular flexibility index (Phi) is 4.06. The summed E-state index contributed by atoms with van der Waals surface area (Å²) < 4.78 is 39.6. The molecule has 0 aliphatic rings. The first-order valence-electron chi connectivity index (χ1n) is 6.00. The Balaban J connectivity index is 2.42. The molecule has 2 rings (SSSR count). The van der Waals surface area contributed by atoms with Crippen LogP contribution in [0.1, 0.15) is 15.9 Å². The standard InChI is InChI=1S/C13H11F3N4O2/c14-13(15,16)10-8(2-1-3-9(10)20-12(17)22)19-11(21)7-4-5-18-6-7/h1-6,18H,(H,19,21)(H3,17,20,22). The summed E-state index contributed by atoms with van der Waals surface area (Å²) >= 11 is 0. The van der Waals surface area contributed by atoms with Crippen LogP contribution < -0.4 is 16.4 Å². The maximum atomic E-state index is 13.2. The van der Waals surface area contributed by atoms with E-state index in [-0.39, 0.29) is 5.56 Å². The Morgan fingerprint density at radius 3 is 2.23 bits per heavy atom. The molecule has 0 spiro atoms. The first-order chi connectivity index (χ1) is 10.3. The van der Waals surface area contributed by atoms with Crippen molar-refractivity contribution in [3.8, 4) is 0 Å². The lowest BCUT2D eigenvalue weighted by atomic mass is 10.1. The average Bonchev–Trinajstić information content (AvgIpc) is 2.90. The minimum absolute atomic E-state index is 0.168. The van der Waals surface area contributed by atoms with Crippen molar-refractivity contribution in [2.75, 3.05) is 10.6 Å². The van der Waals surface area contributed by atoms with Gasteiger partial charge in [0.15, 0.2) is 0 Å². The molecule has 1 aromatic carbocycles. The van der Waals surface area contributed by atoms with Crippen molar-refractivity contribution in [2.45, 2.75) is 6.18 Å². The van der Waals surface area contributed by atoms with E-state index in [1.165, 1.54) is 24.5 Å². The van der Waals surface area contributed by atoms with E-state index in [9.17, 15) is 22.8 Å². The molecule has 0 bridgehead atoms. The van der Waals surface area contributed by atoms with Crippen LogP contribution in [0.15, 0.2) is 36.7 Å². The minimum Gasteiger partial charge on any atom is -0.367 e. The van der Waals surface area contributed by atoms with Gasteiger partial charge in [-0.2, -0.15) is 13.2 Å². The largest absolute Gasteiger partial charge is 0.420 e. The highest BCUT2D eigenvalue weighted by Gasteiger charge is 2.37. The monoisotopic (exact) mass is 312 g/mol. The number of anilines is 2. The van der Waals surface area contributed by atoms with E-state index in [0.29, 0.717) is 0 Å². The molecule has 6 nitrogen and oxygen atoms in total. The lowest BCUT2D eigenvalue weighted by Crippen LogP contribution is -2.23. The summed E-state index contributed by atoms with van der Waals surface area (Å²) in [4.78, 5) is 25.3. The maximum Gasteiger partial charge on any atom is 0.420 e. The van der Waals surface area contributed by atoms with Gasteiger partial charge < -0.3 is 21.4 Å². The Bertz CT molecular complexity index is 696. The summed E-state index contributed by atoms with van der Waals surface area (Å²) in [5.41, 5.74) is 2.82. The summed E-state index contributed by atoms with van der Waals surface area (Å²) in [6.45, 7) is 0. The highest BCUT2D eigenvalue weighted by molar-refractivity contribution is 6.05. The number of aromatic amines is 1. The van der Waals surface area contributed by atoms with Crippen LogP contribution in [-0.2, 0) is 6.18 Å². The van der Waals surface area contributed by atoms with Gasteiger partial charge in [-0.1, -0.05) is 6.07 Å². The number of nitrogens with one attached hydrogen (secondary N) is 3. The van der Waals surface area contributed by atoms with Gasteiger partial charge in [0.25, 0.3) is 5.91 Å². The maximum absolute atomic E-state index is 13.2. The van der Waals surface area contributed by atoms with Gasteiger partial charge in [0.1, 0.15) is 5.56 Å². The predicted molar refractivity (Wildman–Crippen MR) is 73.4 cm³/mol. The summed E-state index contributed by atoms with van der Waals surface area (Å²) in [7, 11) is 0. The van der Waals surface area contributed by atoms with Gasteiger partial charge in [0, 0.05) is 12.4 Å². The van der Waals surface area contributed by atoms with Gasteiger partial charge >= 0.3 is 12.2 Å². The van der Waals surface area contributed by atoms with Gasteiger partial charge in [0.2, 0.25) is 0 Å². The molecule has 0 aliphatic carbocycles. The highest BCUT2D eigenvalue weighted by Crippen LogP contribution is 2.40. The lowest BCUT2D eigenvalue weighted by Gasteiger charge is -2.17. The van der Waals surface area contributed by atoms with Crippen LogP contribution in [0.2, 0.25) is 0 Å². The molecular formula is C13H11F3N4O2. The number of alkyl halides is 3. The van der Waals surface area contributed by atoms with E-state index in [2.05, 4.69) is 10.3 Å². The van der Waals surface area contributed by atoms with Crippen molar-refractivity contribution in [2.24, 2.45) is 5.73 Å². The quantitative estimate of drug-likeness (QED) is 0.700. The van der Waals surface area contributed by atoms with Crippen molar-refractivity contribution in [1.82, 2.24) is 4.98 Å². The summed E-state index contributed by atoms with van der Waals surface area (Å²) in [6.07, 6.45) is -1.99. The third-order valence-electron chi connectivity index (χ3n) is 2.71. The fourth-order valence-electron chi connectivity index (χ4n) is 1.86. The molecule has 0 aliphatic heterocycles. The number of aromatic nitrogens is 1. The Morgan fingerprint density at radius 2 is 1.73 bits per heavy atom. The molecule has 0 saturated heterocycles. The van der Waals surface area contributed by atoms with Gasteiger partial charge in [-0.25, -0.2) is 4.79 Å². The normalized spacial score (nSPS) is 11.0. The SMILES string of the molecule is NC(=O)Nc1cccc(NC(=O)c2cc[nH]c2)c1C(F)(F)F. The van der Waals surface area contributed by atoms with Gasteiger partial charge in [-0.05, 0) is 18.2 Å². The summed E-state index contributed by atoms with van der Waals surface area (Å²) in [5, 5.41) is 4.05. The van der Waals surface area contributed by atoms with Crippen LogP contribution in [0, 0.1) is 0 Å². The predicted octanol–water partition coefficient (Wildman–Crippen LogP) is 2.78. The van der Waals surface area contributed by atoms with Crippen molar-refractivity contribution < 1.29 is 22.8 Å². The number of hydrogen-bond acceptors (Lipinski definition) is 2. The molecule has 3 amide bonds. The second-order valence-corrected chi connectivity index (χ2v) is 4.27. The van der Waals surface area contributed by atoms with E-state index in [1.807, 2.05) is 5.32 Å². The van der Waals surface area contributed by atoms with Crippen molar-refractivity contribution in [3.63, 3.8) is 0 Å². The number of halogens is 3. The van der Waals surface area contributed by atoms with Crippen molar-refractivity contribution in [3.05, 3.63) is 47.8 Å². The second kappa shape index (κ2) is 5.80. The fraction of sp³-hybridized carbons (Fsp3) is 0.0769. The zero-order valence-electron chi connectivity index (χ0n) is 11.0. The van der Waals surface area contributed by atoms with Crippen LogP contribution in [0.3, 0.4) is 0 Å². The van der Waals surface area contributed by atoms with E-state index >= 15 is 0 Å². The van der Waals surface area contributed by atoms with E-state index in [1.54, 1.807) is 0 Å². The molecule has 0 saturated carbocycles. The van der Waals surface area contributed by atoms with Crippen LogP contribution in [-0.4, -0.2) is 16.9 Å². The molecule has 2 aromatic rings. The second-order valence-electron chi connectivity index (χ2n) is 4.27. The number of amides is 3. The third kappa shape index (κ3) is 3.37. The Labute approximate surface area is 122 Å². The van der Waals surface area contributed by atoms with Crippen LogP contribution in [0.5, 0.6) is 0 Å². The number of primary amides is 1. The average molecular weight is 312 g/mol. The number of urea groups is 1. The number of nitrogens with two attached hydrogens (primary N) is 1. The fourth-order valence-corrected chi connectivity index (χ4v) is 1.86. The van der Waals surface area contributed by atoms with Crippen molar-refractivity contribution >= 4 is 23.3 Å². The van der Waals surface area contributed by atoms with Gasteiger partial charge in [-0.15, -0.1) is 0 Å². The lowest BCUT2D eigenvalue weighted by molar-refractivity contribution is -0.136. The summed E-state index contributed by atoms with van der Waals surface area (Å²) in [5.74, 6) is -0.719. The molecule has 0 radical (unpaired) electrons. The third-order valence-corrected chi connectivity index (χ3v) is 2.71. The number of benzene rings is 1. The Hall–Kier alpha value is -2.97. The van der Waals surface area contributed by atoms with Gasteiger partial charge in [-0.3, -0.25) is 4.79 Å². The number of carbonyl (C=O) groups excluding carboxylic acids is 2. The topological polar surface area (TPSA) is 100 Å². The van der Waals surface area contributed by atoms with Crippen LogP contribution in [0.25, 0.3) is 0 Å². The minimum atomic E-state index is -4.79. The molecule has 22 heavy (non-hydrogen) atoms. The van der Waals surface area contributed by atoms with E-state index < -0.39 is 35.1 Å². The molecule has 1 aromatic heterocycles. The summed E-state index contributed by atoms with van der Waals surface area (Å²) in [6, 6.07) is 3.65. The highest BCUT2D eigenvalue weighted by atomic mass is 19.4. The number of H-pyrrole nitrogens is 1. The zero-order valence-corrected chi connectivity index (χ0v) is 11.0. The van der Waals surface area contributed by atoms with Crippen LogP contribution >= 0.6 is 0 Å².